The van der Waals surface area contributed by atoms with Crippen molar-refractivity contribution < 1.29 is 0 Å². The number of thiocarbonyl (C=S) groups is 1. The quantitative estimate of drug-likeness (QED) is 0.834. The topological polar surface area (TPSA) is 29.3 Å². The standard InChI is InChI=1S/C14H20N2S/c1-10-7-12-5-3-4-6-13(12)16(8-10)9-11(2)14(15)17/h3-6,10-11H,7-9H2,1-2H3,(H2,15,17). The third-order valence-electron chi connectivity index (χ3n) is 3.41. The minimum atomic E-state index is 0.267. The van der Waals surface area contributed by atoms with Gasteiger partial charge in [-0.3, -0.25) is 0 Å². The summed E-state index contributed by atoms with van der Waals surface area (Å²) in [4.78, 5) is 3.04. The highest BCUT2D eigenvalue weighted by molar-refractivity contribution is 7.80. The van der Waals surface area contributed by atoms with Crippen LogP contribution in [0.5, 0.6) is 0 Å². The van der Waals surface area contributed by atoms with E-state index in [9.17, 15) is 0 Å². The van der Waals surface area contributed by atoms with Crippen LogP contribution >= 0.6 is 12.2 Å². The highest BCUT2D eigenvalue weighted by Gasteiger charge is 2.22. The van der Waals surface area contributed by atoms with Crippen molar-refractivity contribution >= 4 is 22.9 Å². The fraction of sp³-hybridized carbons (Fsp3) is 0.500. The Bertz CT molecular complexity index is 416. The number of nitrogens with two attached hydrogens (primary N) is 1. The van der Waals surface area contributed by atoms with E-state index in [0.717, 1.165) is 13.1 Å². The lowest BCUT2D eigenvalue weighted by molar-refractivity contribution is 0.518. The van der Waals surface area contributed by atoms with Gasteiger partial charge in [0.2, 0.25) is 0 Å². The molecule has 2 unspecified atom stereocenters. The van der Waals surface area contributed by atoms with Crippen LogP contribution in [0.2, 0.25) is 0 Å². The van der Waals surface area contributed by atoms with Crippen LogP contribution < -0.4 is 10.6 Å². The Morgan fingerprint density at radius 2 is 2.24 bits per heavy atom. The number of anilines is 1. The zero-order valence-corrected chi connectivity index (χ0v) is 11.3. The average Bonchev–Trinajstić information content (AvgIpc) is 2.28. The number of nitrogens with zero attached hydrogens (tertiary/aromatic N) is 1. The molecular weight excluding hydrogens is 228 g/mol. The van der Waals surface area contributed by atoms with Crippen molar-refractivity contribution in [2.75, 3.05) is 18.0 Å². The average molecular weight is 248 g/mol. The largest absolute Gasteiger partial charge is 0.393 e. The van der Waals surface area contributed by atoms with Gasteiger partial charge in [-0.05, 0) is 24.0 Å². The van der Waals surface area contributed by atoms with E-state index in [1.165, 1.54) is 17.7 Å². The van der Waals surface area contributed by atoms with Gasteiger partial charge in [0.25, 0.3) is 0 Å². The highest BCUT2D eigenvalue weighted by Crippen LogP contribution is 2.29. The van der Waals surface area contributed by atoms with Crippen LogP contribution in [0.1, 0.15) is 19.4 Å². The Hall–Kier alpha value is -1.09. The van der Waals surface area contributed by atoms with Crippen LogP contribution in [0, 0.1) is 11.8 Å². The molecule has 1 aliphatic rings. The van der Waals surface area contributed by atoms with Gasteiger partial charge in [0.1, 0.15) is 0 Å². The lowest BCUT2D eigenvalue weighted by Gasteiger charge is -2.36. The minimum absolute atomic E-state index is 0.267. The third-order valence-corrected chi connectivity index (χ3v) is 3.82. The normalized spacial score (nSPS) is 20.8. The van der Waals surface area contributed by atoms with Gasteiger partial charge in [0, 0.05) is 24.7 Å². The van der Waals surface area contributed by atoms with Crippen molar-refractivity contribution in [3.05, 3.63) is 29.8 Å². The summed E-state index contributed by atoms with van der Waals surface area (Å²) in [6, 6.07) is 8.65. The van der Waals surface area contributed by atoms with E-state index < -0.39 is 0 Å². The molecule has 2 rings (SSSR count). The van der Waals surface area contributed by atoms with Crippen molar-refractivity contribution in [3.63, 3.8) is 0 Å². The maximum atomic E-state index is 5.71. The Morgan fingerprint density at radius 3 is 2.94 bits per heavy atom. The number of benzene rings is 1. The van der Waals surface area contributed by atoms with Crippen molar-refractivity contribution in [1.82, 2.24) is 0 Å². The molecule has 0 saturated heterocycles. The fourth-order valence-electron chi connectivity index (χ4n) is 2.50. The summed E-state index contributed by atoms with van der Waals surface area (Å²) >= 11 is 5.07. The maximum Gasteiger partial charge on any atom is 0.0773 e. The first kappa shape index (κ1) is 12.4. The summed E-state index contributed by atoms with van der Waals surface area (Å²) in [5, 5.41) is 0. The SMILES string of the molecule is CC1Cc2ccccc2N(CC(C)C(N)=S)C1. The summed E-state index contributed by atoms with van der Waals surface area (Å²) in [7, 11) is 0. The molecule has 3 heteroatoms. The van der Waals surface area contributed by atoms with Gasteiger partial charge in [-0.2, -0.15) is 0 Å². The highest BCUT2D eigenvalue weighted by atomic mass is 32.1. The molecule has 0 radical (unpaired) electrons. The molecule has 2 N–H and O–H groups in total. The first-order valence-electron chi connectivity index (χ1n) is 6.20. The van der Waals surface area contributed by atoms with Gasteiger partial charge in [-0.25, -0.2) is 0 Å². The molecular formula is C14H20N2S. The number of para-hydroxylation sites is 1. The van der Waals surface area contributed by atoms with Crippen LogP contribution in [0.15, 0.2) is 24.3 Å². The molecule has 0 aromatic heterocycles. The van der Waals surface area contributed by atoms with Crippen LogP contribution in [0.3, 0.4) is 0 Å². The van der Waals surface area contributed by atoms with Crippen LogP contribution in [0.25, 0.3) is 0 Å². The summed E-state index contributed by atoms with van der Waals surface area (Å²) in [5.74, 6) is 0.965. The van der Waals surface area contributed by atoms with E-state index in [1.54, 1.807) is 0 Å². The van der Waals surface area contributed by atoms with E-state index in [0.29, 0.717) is 10.9 Å². The Labute approximate surface area is 109 Å². The van der Waals surface area contributed by atoms with Crippen LogP contribution in [-0.4, -0.2) is 18.1 Å². The first-order chi connectivity index (χ1) is 8.08. The third kappa shape index (κ3) is 2.78. The first-order valence-corrected chi connectivity index (χ1v) is 6.61. The smallest absolute Gasteiger partial charge is 0.0773 e. The molecule has 2 atom stereocenters. The molecule has 1 aromatic rings. The van der Waals surface area contributed by atoms with Gasteiger partial charge in [0.05, 0.1) is 4.99 Å². The zero-order chi connectivity index (χ0) is 12.4. The summed E-state index contributed by atoms with van der Waals surface area (Å²) < 4.78 is 0. The van der Waals surface area contributed by atoms with E-state index in [1.807, 2.05) is 0 Å². The monoisotopic (exact) mass is 248 g/mol. The van der Waals surface area contributed by atoms with Gasteiger partial charge < -0.3 is 10.6 Å². The van der Waals surface area contributed by atoms with Gasteiger partial charge in [0.15, 0.2) is 0 Å². The summed E-state index contributed by atoms with van der Waals surface area (Å²) in [5.41, 5.74) is 8.51. The Kier molecular flexibility index (Phi) is 3.67. The molecule has 0 aliphatic carbocycles. The molecule has 0 saturated carbocycles. The number of hydrogen-bond acceptors (Lipinski definition) is 2. The molecule has 0 fully saturated rings. The Morgan fingerprint density at radius 1 is 1.53 bits per heavy atom. The van der Waals surface area contributed by atoms with E-state index in [4.69, 9.17) is 18.0 Å². The van der Waals surface area contributed by atoms with Crippen LogP contribution in [0.4, 0.5) is 5.69 Å². The predicted octanol–water partition coefficient (Wildman–Crippen LogP) is 2.61. The van der Waals surface area contributed by atoms with Crippen LogP contribution in [-0.2, 0) is 6.42 Å². The molecule has 1 aliphatic heterocycles. The molecule has 2 nitrogen and oxygen atoms in total. The second-order valence-corrected chi connectivity index (χ2v) is 5.62. The lowest BCUT2D eigenvalue weighted by Crippen LogP contribution is -2.40. The van der Waals surface area contributed by atoms with Crippen molar-refractivity contribution in [1.29, 1.82) is 0 Å². The minimum Gasteiger partial charge on any atom is -0.393 e. The fourth-order valence-corrected chi connectivity index (χ4v) is 2.57. The molecule has 1 aromatic carbocycles. The van der Waals surface area contributed by atoms with E-state index in [2.05, 4.69) is 43.0 Å². The lowest BCUT2D eigenvalue weighted by atomic mass is 9.93. The maximum absolute atomic E-state index is 5.71. The van der Waals surface area contributed by atoms with Crippen molar-refractivity contribution in [3.8, 4) is 0 Å². The number of rotatable bonds is 3. The zero-order valence-electron chi connectivity index (χ0n) is 10.5. The summed E-state index contributed by atoms with van der Waals surface area (Å²) in [6.07, 6.45) is 1.17. The molecule has 0 bridgehead atoms. The number of fused-ring (bicyclic) bond motifs is 1. The molecule has 0 amide bonds. The molecule has 17 heavy (non-hydrogen) atoms. The summed E-state index contributed by atoms with van der Waals surface area (Å²) in [6.45, 7) is 6.43. The second-order valence-electron chi connectivity index (χ2n) is 5.15. The van der Waals surface area contributed by atoms with E-state index >= 15 is 0 Å². The molecule has 1 heterocycles. The molecule has 0 spiro atoms. The molecule has 92 valence electrons. The van der Waals surface area contributed by atoms with Crippen molar-refractivity contribution in [2.45, 2.75) is 20.3 Å². The second kappa shape index (κ2) is 5.05. The number of hydrogen-bond donors (Lipinski definition) is 1. The van der Waals surface area contributed by atoms with Gasteiger partial charge in [-0.1, -0.05) is 44.3 Å². The van der Waals surface area contributed by atoms with Gasteiger partial charge >= 0.3 is 0 Å². The van der Waals surface area contributed by atoms with E-state index in [-0.39, 0.29) is 5.92 Å². The Balaban J connectivity index is 2.21. The van der Waals surface area contributed by atoms with Gasteiger partial charge in [-0.15, -0.1) is 0 Å². The predicted molar refractivity (Wildman–Crippen MR) is 77.5 cm³/mol. The van der Waals surface area contributed by atoms with Crippen molar-refractivity contribution in [2.24, 2.45) is 17.6 Å².